The van der Waals surface area contributed by atoms with Crippen molar-refractivity contribution in [2.75, 3.05) is 6.54 Å². The van der Waals surface area contributed by atoms with E-state index in [1.165, 1.54) is 32.3 Å². The van der Waals surface area contributed by atoms with Crippen LogP contribution < -0.4 is 5.32 Å². The Bertz CT molecular complexity index is 1460. The van der Waals surface area contributed by atoms with E-state index in [-0.39, 0.29) is 0 Å². The molecular formula is C28H20N2. The number of aromatic nitrogens is 1. The number of pyridine rings is 1. The Morgan fingerprint density at radius 2 is 1.23 bits per heavy atom. The molecule has 30 heavy (non-hydrogen) atoms. The number of rotatable bonds is 2. The Hall–Kier alpha value is -3.91. The molecule has 4 aromatic carbocycles. The number of hydrogen-bond donors (Lipinski definition) is 1. The SMILES string of the molecule is C1=CC(c2cccc(-c3ccc4c5ccccc5c5ccccc5c4c3)n2)=CCN1. The van der Waals surface area contributed by atoms with Gasteiger partial charge in [-0.05, 0) is 68.4 Å². The largest absolute Gasteiger partial charge is 0.387 e. The van der Waals surface area contributed by atoms with Crippen molar-refractivity contribution in [1.29, 1.82) is 0 Å². The Kier molecular flexibility index (Phi) is 3.88. The summed E-state index contributed by atoms with van der Waals surface area (Å²) in [5, 5.41) is 10.9. The fraction of sp³-hybridized carbons (Fsp3) is 0.0357. The van der Waals surface area contributed by atoms with Crippen molar-refractivity contribution in [3.8, 4) is 11.3 Å². The molecule has 0 saturated heterocycles. The van der Waals surface area contributed by atoms with Gasteiger partial charge in [0.15, 0.2) is 0 Å². The average molecular weight is 384 g/mol. The molecule has 0 atom stereocenters. The molecule has 142 valence electrons. The maximum atomic E-state index is 4.97. The monoisotopic (exact) mass is 384 g/mol. The van der Waals surface area contributed by atoms with Crippen LogP contribution in [0.25, 0.3) is 49.1 Å². The minimum absolute atomic E-state index is 0.840. The summed E-state index contributed by atoms with van der Waals surface area (Å²) >= 11 is 0. The van der Waals surface area contributed by atoms with Crippen molar-refractivity contribution in [3.63, 3.8) is 0 Å². The molecule has 1 aromatic heterocycles. The van der Waals surface area contributed by atoms with Crippen molar-refractivity contribution >= 4 is 37.9 Å². The van der Waals surface area contributed by atoms with Gasteiger partial charge in [-0.1, -0.05) is 72.8 Å². The lowest BCUT2D eigenvalue weighted by Crippen LogP contribution is -2.08. The first-order chi connectivity index (χ1) is 14.9. The number of fused-ring (bicyclic) bond motifs is 6. The highest BCUT2D eigenvalue weighted by Gasteiger charge is 2.11. The predicted octanol–water partition coefficient (Wildman–Crippen LogP) is 6.71. The third-order valence-corrected chi connectivity index (χ3v) is 5.91. The summed E-state index contributed by atoms with van der Waals surface area (Å²) in [5.74, 6) is 0. The first-order valence-electron chi connectivity index (χ1n) is 10.3. The second-order valence-electron chi connectivity index (χ2n) is 7.66. The topological polar surface area (TPSA) is 24.9 Å². The number of hydrogen-bond acceptors (Lipinski definition) is 2. The van der Waals surface area contributed by atoms with E-state index >= 15 is 0 Å². The summed E-state index contributed by atoms with van der Waals surface area (Å²) < 4.78 is 0. The zero-order valence-electron chi connectivity index (χ0n) is 16.5. The van der Waals surface area contributed by atoms with Gasteiger partial charge in [-0.3, -0.25) is 0 Å². The maximum absolute atomic E-state index is 4.97. The van der Waals surface area contributed by atoms with Crippen molar-refractivity contribution in [1.82, 2.24) is 10.3 Å². The Labute approximate surface area is 175 Å². The maximum Gasteiger partial charge on any atom is 0.0709 e. The lowest BCUT2D eigenvalue weighted by Gasteiger charge is -2.13. The first-order valence-corrected chi connectivity index (χ1v) is 10.3. The molecule has 0 unspecified atom stereocenters. The molecule has 0 aliphatic carbocycles. The molecule has 2 heterocycles. The Balaban J connectivity index is 1.59. The summed E-state index contributed by atoms with van der Waals surface area (Å²) in [6, 6.07) is 30.4. The van der Waals surface area contributed by atoms with Crippen LogP contribution in [0.1, 0.15) is 5.69 Å². The van der Waals surface area contributed by atoms with Crippen LogP contribution in [-0.4, -0.2) is 11.5 Å². The highest BCUT2D eigenvalue weighted by atomic mass is 14.8. The summed E-state index contributed by atoms with van der Waals surface area (Å²) in [4.78, 5) is 4.97. The second kappa shape index (κ2) is 6.85. The Morgan fingerprint density at radius 3 is 1.90 bits per heavy atom. The van der Waals surface area contributed by atoms with E-state index < -0.39 is 0 Å². The van der Waals surface area contributed by atoms with Crippen LogP contribution in [0.2, 0.25) is 0 Å². The highest BCUT2D eigenvalue weighted by molar-refractivity contribution is 6.25. The van der Waals surface area contributed by atoms with Gasteiger partial charge in [0.05, 0.1) is 11.4 Å². The molecule has 1 N–H and O–H groups in total. The van der Waals surface area contributed by atoms with Gasteiger partial charge in [0.1, 0.15) is 0 Å². The Morgan fingerprint density at radius 1 is 0.600 bits per heavy atom. The van der Waals surface area contributed by atoms with Gasteiger partial charge in [-0.2, -0.15) is 0 Å². The molecule has 1 aliphatic heterocycles. The van der Waals surface area contributed by atoms with E-state index in [1.54, 1.807) is 0 Å². The van der Waals surface area contributed by atoms with E-state index in [0.717, 1.165) is 29.1 Å². The van der Waals surface area contributed by atoms with Gasteiger partial charge >= 0.3 is 0 Å². The van der Waals surface area contributed by atoms with Gasteiger partial charge in [0.2, 0.25) is 0 Å². The van der Waals surface area contributed by atoms with Crippen LogP contribution in [0, 0.1) is 0 Å². The number of benzene rings is 4. The second-order valence-corrected chi connectivity index (χ2v) is 7.66. The van der Waals surface area contributed by atoms with E-state index in [2.05, 4.69) is 102 Å². The summed E-state index contributed by atoms with van der Waals surface area (Å²) in [7, 11) is 0. The zero-order valence-corrected chi connectivity index (χ0v) is 16.5. The van der Waals surface area contributed by atoms with Crippen molar-refractivity contribution in [2.45, 2.75) is 0 Å². The van der Waals surface area contributed by atoms with Crippen LogP contribution >= 0.6 is 0 Å². The molecule has 0 fully saturated rings. The molecule has 0 radical (unpaired) electrons. The molecule has 6 rings (SSSR count). The normalized spacial score (nSPS) is 13.5. The minimum Gasteiger partial charge on any atom is -0.387 e. The van der Waals surface area contributed by atoms with E-state index in [4.69, 9.17) is 4.98 Å². The highest BCUT2D eigenvalue weighted by Crippen LogP contribution is 2.36. The van der Waals surface area contributed by atoms with Gasteiger partial charge < -0.3 is 5.32 Å². The predicted molar refractivity (Wildman–Crippen MR) is 127 cm³/mol. The van der Waals surface area contributed by atoms with Gasteiger partial charge in [-0.25, -0.2) is 4.98 Å². The quantitative estimate of drug-likeness (QED) is 0.342. The van der Waals surface area contributed by atoms with Crippen LogP contribution in [-0.2, 0) is 0 Å². The first kappa shape index (κ1) is 17.0. The third kappa shape index (κ3) is 2.69. The number of nitrogens with one attached hydrogen (secondary N) is 1. The molecule has 2 nitrogen and oxygen atoms in total. The number of allylic oxidation sites excluding steroid dienone is 2. The fourth-order valence-electron chi connectivity index (χ4n) is 4.47. The molecular weight excluding hydrogens is 364 g/mol. The lowest BCUT2D eigenvalue weighted by atomic mass is 9.93. The van der Waals surface area contributed by atoms with Gasteiger partial charge in [0, 0.05) is 12.1 Å². The molecule has 5 aromatic rings. The van der Waals surface area contributed by atoms with E-state index in [9.17, 15) is 0 Å². The van der Waals surface area contributed by atoms with E-state index in [0.29, 0.717) is 0 Å². The number of dihydropyridines is 1. The molecule has 0 amide bonds. The summed E-state index contributed by atoms with van der Waals surface area (Å²) in [6.07, 6.45) is 6.23. The molecule has 0 spiro atoms. The van der Waals surface area contributed by atoms with Crippen LogP contribution in [0.3, 0.4) is 0 Å². The summed E-state index contributed by atoms with van der Waals surface area (Å²) in [5.41, 5.74) is 4.31. The fourth-order valence-corrected chi connectivity index (χ4v) is 4.47. The number of nitrogens with zero attached hydrogens (tertiary/aromatic N) is 1. The smallest absolute Gasteiger partial charge is 0.0709 e. The molecule has 2 heteroatoms. The van der Waals surface area contributed by atoms with Crippen LogP contribution in [0.4, 0.5) is 0 Å². The van der Waals surface area contributed by atoms with Gasteiger partial charge in [0.25, 0.3) is 0 Å². The molecule has 1 aliphatic rings. The van der Waals surface area contributed by atoms with Crippen LogP contribution in [0.5, 0.6) is 0 Å². The van der Waals surface area contributed by atoms with E-state index in [1.807, 2.05) is 6.20 Å². The van der Waals surface area contributed by atoms with Gasteiger partial charge in [-0.15, -0.1) is 0 Å². The lowest BCUT2D eigenvalue weighted by molar-refractivity contribution is 0.974. The average Bonchev–Trinajstić information content (AvgIpc) is 2.84. The molecule has 0 saturated carbocycles. The van der Waals surface area contributed by atoms with Crippen LogP contribution in [0.15, 0.2) is 103 Å². The van der Waals surface area contributed by atoms with Crippen molar-refractivity contribution < 1.29 is 0 Å². The minimum atomic E-state index is 0.840. The summed E-state index contributed by atoms with van der Waals surface area (Å²) in [6.45, 7) is 0.840. The van der Waals surface area contributed by atoms with Crippen molar-refractivity contribution in [2.24, 2.45) is 0 Å². The standard InChI is InChI=1S/C28H20N2/c1-2-8-23-21(6-1)22-7-3-4-9-24(22)26-18-20(12-13-25(23)26)28-11-5-10-27(30-28)19-14-16-29-17-15-19/h1-16,18,29H,17H2. The third-order valence-electron chi connectivity index (χ3n) is 5.91. The van der Waals surface area contributed by atoms with Crippen molar-refractivity contribution in [3.05, 3.63) is 109 Å². The zero-order chi connectivity index (χ0) is 19.9. The molecule has 0 bridgehead atoms.